The zero-order chi connectivity index (χ0) is 22.9. The number of carbonyl (C=O) groups excluding carboxylic acids is 2. The van der Waals surface area contributed by atoms with Crippen LogP contribution in [0.15, 0.2) is 85.6 Å². The molecule has 0 spiro atoms. The monoisotopic (exact) mass is 434 g/mol. The normalized spacial score (nSPS) is 10.4. The number of hydrogen-bond donors (Lipinski definition) is 1. The van der Waals surface area contributed by atoms with E-state index in [1.54, 1.807) is 17.0 Å². The van der Waals surface area contributed by atoms with E-state index < -0.39 is 11.8 Å². The first-order chi connectivity index (χ1) is 15.5. The van der Waals surface area contributed by atoms with Crippen molar-refractivity contribution in [2.45, 2.75) is 13.1 Å². The maximum absolute atomic E-state index is 14.0. The van der Waals surface area contributed by atoms with Gasteiger partial charge in [0.1, 0.15) is 12.4 Å². The molecule has 3 rings (SSSR count). The van der Waals surface area contributed by atoms with Crippen LogP contribution in [0.25, 0.3) is 0 Å². The summed E-state index contributed by atoms with van der Waals surface area (Å²) in [4.78, 5) is 29.1. The Morgan fingerprint density at radius 2 is 1.72 bits per heavy atom. The molecule has 166 valence electrons. The van der Waals surface area contributed by atoms with Crippen LogP contribution in [0.3, 0.4) is 0 Å². The first-order valence-corrected chi connectivity index (χ1v) is 10.3. The van der Waals surface area contributed by atoms with Gasteiger partial charge in [-0.2, -0.15) is 0 Å². The van der Waals surface area contributed by atoms with Gasteiger partial charge in [-0.05, 0) is 29.8 Å². The Labute approximate surface area is 187 Å². The average molecular weight is 435 g/mol. The third kappa shape index (κ3) is 6.07. The van der Waals surface area contributed by atoms with Crippen LogP contribution in [0.1, 0.15) is 11.3 Å². The highest BCUT2D eigenvalue weighted by Gasteiger charge is 2.22. The number of carbonyl (C=O) groups is 2. The van der Waals surface area contributed by atoms with E-state index in [1.807, 2.05) is 60.3 Å². The molecule has 32 heavy (non-hydrogen) atoms. The lowest BCUT2D eigenvalue weighted by molar-refractivity contribution is -0.133. The van der Waals surface area contributed by atoms with Crippen molar-refractivity contribution in [3.63, 3.8) is 0 Å². The summed E-state index contributed by atoms with van der Waals surface area (Å²) in [5.41, 5.74) is 2.02. The lowest BCUT2D eigenvalue weighted by Gasteiger charge is -2.27. The quantitative estimate of drug-likeness (QED) is 0.507. The summed E-state index contributed by atoms with van der Waals surface area (Å²) in [6, 6.07) is 18.9. The number of para-hydroxylation sites is 1. The smallest absolute Gasteiger partial charge is 0.322 e. The molecule has 2 aromatic carbocycles. The molecule has 1 heterocycles. The number of nitrogens with one attached hydrogen (secondary N) is 1. The summed E-state index contributed by atoms with van der Waals surface area (Å²) in [6.45, 7) is 4.46. The Kier molecular flexibility index (Phi) is 7.80. The van der Waals surface area contributed by atoms with E-state index in [0.29, 0.717) is 13.1 Å². The molecular weight excluding hydrogens is 407 g/mol. The number of benzene rings is 2. The van der Waals surface area contributed by atoms with Gasteiger partial charge >= 0.3 is 6.03 Å². The Hall–Kier alpha value is -3.87. The van der Waals surface area contributed by atoms with Crippen molar-refractivity contribution in [1.82, 2.24) is 14.4 Å². The zero-order valence-electron chi connectivity index (χ0n) is 18.1. The Balaban J connectivity index is 1.76. The molecule has 0 aliphatic carbocycles. The van der Waals surface area contributed by atoms with E-state index in [9.17, 15) is 14.0 Å². The molecular formula is C25H27FN4O2. The Bertz CT molecular complexity index is 1060. The van der Waals surface area contributed by atoms with Crippen molar-refractivity contribution in [2.75, 3.05) is 18.4 Å². The maximum Gasteiger partial charge on any atom is 0.322 e. The number of nitrogens with zero attached hydrogens (tertiary/aromatic N) is 3. The fourth-order valence-corrected chi connectivity index (χ4v) is 3.29. The van der Waals surface area contributed by atoms with E-state index in [0.717, 1.165) is 11.3 Å². The molecule has 0 radical (unpaired) electrons. The Morgan fingerprint density at radius 3 is 2.38 bits per heavy atom. The van der Waals surface area contributed by atoms with Crippen LogP contribution < -0.4 is 5.32 Å². The van der Waals surface area contributed by atoms with Gasteiger partial charge in [-0.1, -0.05) is 48.5 Å². The second kappa shape index (κ2) is 10.9. The maximum atomic E-state index is 14.0. The SMILES string of the molecule is C=CCN(CC(=O)N(Cc1ccccc1)Cc1cccn1C)C(=O)Nc1ccccc1F. The van der Waals surface area contributed by atoms with Gasteiger partial charge in [0.2, 0.25) is 5.91 Å². The molecule has 3 amide bonds. The molecule has 0 saturated heterocycles. The summed E-state index contributed by atoms with van der Waals surface area (Å²) in [5.74, 6) is -0.763. The molecule has 3 aromatic rings. The summed E-state index contributed by atoms with van der Waals surface area (Å²) >= 11 is 0. The Morgan fingerprint density at radius 1 is 1.00 bits per heavy atom. The van der Waals surface area contributed by atoms with E-state index in [2.05, 4.69) is 11.9 Å². The van der Waals surface area contributed by atoms with Crippen molar-refractivity contribution in [1.29, 1.82) is 0 Å². The minimum absolute atomic E-state index is 0.0592. The van der Waals surface area contributed by atoms with Crippen LogP contribution in [0.5, 0.6) is 0 Å². The van der Waals surface area contributed by atoms with Crippen LogP contribution in [0, 0.1) is 5.82 Å². The highest BCUT2D eigenvalue weighted by atomic mass is 19.1. The lowest BCUT2D eigenvalue weighted by atomic mass is 10.2. The van der Waals surface area contributed by atoms with E-state index in [-0.39, 0.29) is 24.7 Å². The predicted octanol–water partition coefficient (Wildman–Crippen LogP) is 4.41. The van der Waals surface area contributed by atoms with Gasteiger partial charge in [0.25, 0.3) is 0 Å². The van der Waals surface area contributed by atoms with Gasteiger partial charge < -0.3 is 19.7 Å². The molecule has 0 saturated carbocycles. The first kappa shape index (κ1) is 22.8. The summed E-state index contributed by atoms with van der Waals surface area (Å²) in [5, 5.41) is 2.53. The van der Waals surface area contributed by atoms with Gasteiger partial charge in [-0.25, -0.2) is 9.18 Å². The number of aromatic nitrogens is 1. The molecule has 7 heteroatoms. The van der Waals surface area contributed by atoms with Gasteiger partial charge in [-0.3, -0.25) is 4.79 Å². The predicted molar refractivity (Wildman–Crippen MR) is 123 cm³/mol. The lowest BCUT2D eigenvalue weighted by Crippen LogP contribution is -2.44. The third-order valence-corrected chi connectivity index (χ3v) is 5.05. The molecule has 0 unspecified atom stereocenters. The largest absolute Gasteiger partial charge is 0.353 e. The first-order valence-electron chi connectivity index (χ1n) is 10.3. The average Bonchev–Trinajstić information content (AvgIpc) is 3.19. The topological polar surface area (TPSA) is 57.6 Å². The van der Waals surface area contributed by atoms with Crippen LogP contribution in [-0.2, 0) is 24.9 Å². The van der Waals surface area contributed by atoms with Gasteiger partial charge in [0.15, 0.2) is 0 Å². The van der Waals surface area contributed by atoms with Gasteiger partial charge in [-0.15, -0.1) is 6.58 Å². The van der Waals surface area contributed by atoms with Crippen molar-refractivity contribution in [3.05, 3.63) is 103 Å². The van der Waals surface area contributed by atoms with Crippen LogP contribution in [-0.4, -0.2) is 39.4 Å². The highest BCUT2D eigenvalue weighted by Crippen LogP contribution is 2.15. The van der Waals surface area contributed by atoms with Crippen LogP contribution in [0.2, 0.25) is 0 Å². The summed E-state index contributed by atoms with van der Waals surface area (Å²) in [6.07, 6.45) is 3.46. The molecule has 0 aliphatic heterocycles. The second-order valence-corrected chi connectivity index (χ2v) is 7.43. The van der Waals surface area contributed by atoms with Gasteiger partial charge in [0, 0.05) is 32.0 Å². The number of aryl methyl sites for hydroxylation is 1. The standard InChI is InChI=1S/C25H27FN4O2/c1-3-15-29(25(32)27-23-14-8-7-13-22(23)26)19-24(31)30(17-20-10-5-4-6-11-20)18-21-12-9-16-28(21)2/h3-14,16H,1,15,17-19H2,2H3,(H,27,32). The number of hydrogen-bond acceptors (Lipinski definition) is 2. The molecule has 6 nitrogen and oxygen atoms in total. The number of anilines is 1. The van der Waals surface area contributed by atoms with Crippen molar-refractivity contribution < 1.29 is 14.0 Å². The van der Waals surface area contributed by atoms with E-state index in [4.69, 9.17) is 0 Å². The third-order valence-electron chi connectivity index (χ3n) is 5.05. The van der Waals surface area contributed by atoms with Gasteiger partial charge in [0.05, 0.1) is 12.2 Å². The number of amides is 3. The number of urea groups is 1. The fraction of sp³-hybridized carbons (Fsp3) is 0.200. The molecule has 1 aromatic heterocycles. The summed E-state index contributed by atoms with van der Waals surface area (Å²) in [7, 11) is 1.92. The van der Waals surface area contributed by atoms with E-state index >= 15 is 0 Å². The molecule has 0 fully saturated rings. The minimum Gasteiger partial charge on any atom is -0.353 e. The van der Waals surface area contributed by atoms with Crippen LogP contribution >= 0.6 is 0 Å². The highest BCUT2D eigenvalue weighted by molar-refractivity contribution is 5.92. The molecule has 0 atom stereocenters. The molecule has 0 aliphatic rings. The van der Waals surface area contributed by atoms with Crippen LogP contribution in [0.4, 0.5) is 14.9 Å². The van der Waals surface area contributed by atoms with Crippen molar-refractivity contribution in [2.24, 2.45) is 7.05 Å². The minimum atomic E-state index is -0.568. The van der Waals surface area contributed by atoms with E-state index in [1.165, 1.54) is 23.1 Å². The van der Waals surface area contributed by atoms with Crippen molar-refractivity contribution >= 4 is 17.6 Å². The fourth-order valence-electron chi connectivity index (χ4n) is 3.29. The number of halogens is 1. The zero-order valence-corrected chi connectivity index (χ0v) is 18.1. The molecule has 1 N–H and O–H groups in total. The van der Waals surface area contributed by atoms with Crippen molar-refractivity contribution in [3.8, 4) is 0 Å². The summed E-state index contributed by atoms with van der Waals surface area (Å²) < 4.78 is 15.9. The number of rotatable bonds is 9. The second-order valence-electron chi connectivity index (χ2n) is 7.43. The molecule has 0 bridgehead atoms.